The van der Waals surface area contributed by atoms with E-state index in [1.165, 1.54) is 16.2 Å². The van der Waals surface area contributed by atoms with Crippen LogP contribution in [0, 0.1) is 11.8 Å². The Bertz CT molecular complexity index is 557. The number of carbonyl (C=O) groups is 1. The lowest BCUT2D eigenvalue weighted by atomic mass is 9.85. The zero-order chi connectivity index (χ0) is 14.6. The third kappa shape index (κ3) is 2.16. The number of nitrogens with one attached hydrogen (secondary N) is 1. The SMILES string of the molecule is CC1(C)C2CNCC2CN1C(=O)c1cc2c(s1)CCSC2. The van der Waals surface area contributed by atoms with Crippen LogP contribution in [0.25, 0.3) is 0 Å². The van der Waals surface area contributed by atoms with Crippen LogP contribution in [-0.4, -0.2) is 41.7 Å². The maximum Gasteiger partial charge on any atom is 0.264 e. The van der Waals surface area contributed by atoms with Crippen molar-refractivity contribution in [3.05, 3.63) is 21.4 Å². The number of fused-ring (bicyclic) bond motifs is 2. The highest BCUT2D eigenvalue weighted by molar-refractivity contribution is 7.98. The van der Waals surface area contributed by atoms with Gasteiger partial charge in [0.25, 0.3) is 5.91 Å². The molecular weight excluding hydrogens is 300 g/mol. The van der Waals surface area contributed by atoms with E-state index in [4.69, 9.17) is 0 Å². The molecule has 0 aromatic carbocycles. The zero-order valence-corrected chi connectivity index (χ0v) is 14.3. The van der Waals surface area contributed by atoms with Crippen LogP contribution in [0.5, 0.6) is 0 Å². The highest BCUT2D eigenvalue weighted by atomic mass is 32.2. The fourth-order valence-electron chi connectivity index (χ4n) is 4.15. The topological polar surface area (TPSA) is 32.3 Å². The van der Waals surface area contributed by atoms with Gasteiger partial charge in [-0.05, 0) is 49.5 Å². The van der Waals surface area contributed by atoms with Crippen molar-refractivity contribution < 1.29 is 4.79 Å². The van der Waals surface area contributed by atoms with Gasteiger partial charge in [-0.25, -0.2) is 0 Å². The van der Waals surface area contributed by atoms with Crippen molar-refractivity contribution in [3.8, 4) is 0 Å². The second-order valence-corrected chi connectivity index (χ2v) is 9.20. The highest BCUT2D eigenvalue weighted by Gasteiger charge is 2.51. The molecule has 1 aromatic rings. The molecule has 4 rings (SSSR count). The molecule has 4 heterocycles. The third-order valence-electron chi connectivity index (χ3n) is 5.44. The number of aryl methyl sites for hydroxylation is 1. The highest BCUT2D eigenvalue weighted by Crippen LogP contribution is 2.42. The first-order chi connectivity index (χ1) is 10.1. The quantitative estimate of drug-likeness (QED) is 0.862. The number of thioether (sulfide) groups is 1. The van der Waals surface area contributed by atoms with Gasteiger partial charge < -0.3 is 10.2 Å². The van der Waals surface area contributed by atoms with Crippen molar-refractivity contribution in [1.82, 2.24) is 10.2 Å². The Balaban J connectivity index is 1.61. The Morgan fingerprint density at radius 2 is 2.29 bits per heavy atom. The Morgan fingerprint density at radius 1 is 1.43 bits per heavy atom. The van der Waals surface area contributed by atoms with Crippen molar-refractivity contribution in [3.63, 3.8) is 0 Å². The number of hydrogen-bond acceptors (Lipinski definition) is 4. The molecule has 1 amide bonds. The van der Waals surface area contributed by atoms with E-state index in [0.717, 1.165) is 36.7 Å². The molecule has 3 aliphatic rings. The van der Waals surface area contributed by atoms with Crippen LogP contribution >= 0.6 is 23.1 Å². The average Bonchev–Trinajstić information content (AvgIpc) is 3.14. The molecule has 21 heavy (non-hydrogen) atoms. The minimum Gasteiger partial charge on any atom is -0.332 e. The van der Waals surface area contributed by atoms with Crippen LogP contribution in [0.15, 0.2) is 6.07 Å². The Morgan fingerprint density at radius 3 is 3.05 bits per heavy atom. The molecule has 0 aliphatic carbocycles. The van der Waals surface area contributed by atoms with E-state index in [0.29, 0.717) is 11.8 Å². The number of amides is 1. The minimum atomic E-state index is -0.0233. The summed E-state index contributed by atoms with van der Waals surface area (Å²) in [6.45, 7) is 7.52. The third-order valence-corrected chi connectivity index (χ3v) is 7.68. The molecule has 2 atom stereocenters. The van der Waals surface area contributed by atoms with Gasteiger partial charge in [0, 0.05) is 35.8 Å². The van der Waals surface area contributed by atoms with Crippen LogP contribution in [-0.2, 0) is 12.2 Å². The van der Waals surface area contributed by atoms with Gasteiger partial charge in [0.15, 0.2) is 0 Å². The maximum absolute atomic E-state index is 13.0. The van der Waals surface area contributed by atoms with E-state index in [2.05, 4.69) is 30.1 Å². The van der Waals surface area contributed by atoms with Crippen molar-refractivity contribution in [2.45, 2.75) is 31.6 Å². The van der Waals surface area contributed by atoms with Crippen molar-refractivity contribution >= 4 is 29.0 Å². The molecule has 0 saturated carbocycles. The van der Waals surface area contributed by atoms with E-state index < -0.39 is 0 Å². The monoisotopic (exact) mass is 322 g/mol. The van der Waals surface area contributed by atoms with Gasteiger partial charge in [0.2, 0.25) is 0 Å². The largest absolute Gasteiger partial charge is 0.332 e. The van der Waals surface area contributed by atoms with E-state index in [1.54, 1.807) is 11.3 Å². The number of carbonyl (C=O) groups excluding carboxylic acids is 1. The van der Waals surface area contributed by atoms with Gasteiger partial charge in [-0.3, -0.25) is 4.79 Å². The summed E-state index contributed by atoms with van der Waals surface area (Å²) < 4.78 is 0. The van der Waals surface area contributed by atoms with Crippen LogP contribution in [0.2, 0.25) is 0 Å². The molecule has 0 spiro atoms. The summed E-state index contributed by atoms with van der Waals surface area (Å²) in [6.07, 6.45) is 1.14. The number of rotatable bonds is 1. The second-order valence-electron chi connectivity index (χ2n) is 6.96. The predicted octanol–water partition coefficient (Wildman–Crippen LogP) is 2.61. The van der Waals surface area contributed by atoms with Gasteiger partial charge in [-0.2, -0.15) is 11.8 Å². The van der Waals surface area contributed by atoms with E-state index in [1.807, 2.05) is 11.8 Å². The molecule has 1 N–H and O–H groups in total. The van der Waals surface area contributed by atoms with E-state index in [9.17, 15) is 4.79 Å². The summed E-state index contributed by atoms with van der Waals surface area (Å²) >= 11 is 3.72. The summed E-state index contributed by atoms with van der Waals surface area (Å²) in [5, 5.41) is 3.48. The van der Waals surface area contributed by atoms with Crippen molar-refractivity contribution in [1.29, 1.82) is 0 Å². The smallest absolute Gasteiger partial charge is 0.264 e. The Hall–Kier alpha value is -0.520. The minimum absolute atomic E-state index is 0.0233. The van der Waals surface area contributed by atoms with Crippen LogP contribution in [0.4, 0.5) is 0 Å². The first-order valence-corrected chi connectivity index (χ1v) is 9.76. The van der Waals surface area contributed by atoms with Gasteiger partial charge in [-0.15, -0.1) is 11.3 Å². The summed E-state index contributed by atoms with van der Waals surface area (Å²) in [4.78, 5) is 17.6. The zero-order valence-electron chi connectivity index (χ0n) is 12.6. The molecule has 0 radical (unpaired) electrons. The van der Waals surface area contributed by atoms with Crippen LogP contribution in [0.1, 0.15) is 34.0 Å². The molecule has 0 bridgehead atoms. The second kappa shape index (κ2) is 5.00. The van der Waals surface area contributed by atoms with Crippen LogP contribution in [0.3, 0.4) is 0 Å². The first kappa shape index (κ1) is 14.1. The molecule has 5 heteroatoms. The first-order valence-electron chi connectivity index (χ1n) is 7.79. The summed E-state index contributed by atoms with van der Waals surface area (Å²) in [6, 6.07) is 2.16. The molecule has 1 aromatic heterocycles. The Labute approximate surface area is 134 Å². The van der Waals surface area contributed by atoms with E-state index >= 15 is 0 Å². The fourth-order valence-corrected chi connectivity index (χ4v) is 6.47. The van der Waals surface area contributed by atoms with Crippen molar-refractivity contribution in [2.24, 2.45) is 11.8 Å². The number of nitrogens with zero attached hydrogens (tertiary/aromatic N) is 1. The molecular formula is C16H22N2OS2. The molecule has 2 unspecified atom stereocenters. The summed E-state index contributed by atoms with van der Waals surface area (Å²) in [5.74, 6) is 3.78. The fraction of sp³-hybridized carbons (Fsp3) is 0.688. The number of hydrogen-bond donors (Lipinski definition) is 1. The summed E-state index contributed by atoms with van der Waals surface area (Å²) in [7, 11) is 0. The Kier molecular flexibility index (Phi) is 3.36. The van der Waals surface area contributed by atoms with Gasteiger partial charge in [0.05, 0.1) is 4.88 Å². The standard InChI is InChI=1S/C16H22N2OS2/c1-16(2)12-7-17-6-11(12)8-18(16)15(19)14-5-10-9-20-4-3-13(10)21-14/h5,11-12,17H,3-4,6-9H2,1-2H3. The lowest BCUT2D eigenvalue weighted by molar-refractivity contribution is 0.0608. The molecule has 3 aliphatic heterocycles. The number of thiophene rings is 1. The average molecular weight is 322 g/mol. The van der Waals surface area contributed by atoms with Gasteiger partial charge in [-0.1, -0.05) is 0 Å². The molecule has 114 valence electrons. The van der Waals surface area contributed by atoms with Gasteiger partial charge >= 0.3 is 0 Å². The van der Waals surface area contributed by atoms with Gasteiger partial charge in [0.1, 0.15) is 0 Å². The molecule has 3 nitrogen and oxygen atoms in total. The number of likely N-dealkylation sites (tertiary alicyclic amines) is 1. The molecule has 2 fully saturated rings. The van der Waals surface area contributed by atoms with E-state index in [-0.39, 0.29) is 11.4 Å². The summed E-state index contributed by atoms with van der Waals surface area (Å²) in [5.41, 5.74) is 1.38. The van der Waals surface area contributed by atoms with Crippen molar-refractivity contribution in [2.75, 3.05) is 25.4 Å². The molecule has 2 saturated heterocycles. The van der Waals surface area contributed by atoms with Crippen LogP contribution < -0.4 is 5.32 Å². The maximum atomic E-state index is 13.0. The normalized spacial score (nSPS) is 30.3. The lowest BCUT2D eigenvalue weighted by Crippen LogP contribution is -2.47. The predicted molar refractivity (Wildman–Crippen MR) is 89.2 cm³/mol. The lowest BCUT2D eigenvalue weighted by Gasteiger charge is -2.35.